The minimum atomic E-state index is -0.301. The Balaban J connectivity index is 2.26. The van der Waals surface area contributed by atoms with Gasteiger partial charge in [0.2, 0.25) is 0 Å². The van der Waals surface area contributed by atoms with Gasteiger partial charge in [-0.05, 0) is 36.8 Å². The highest BCUT2D eigenvalue weighted by Gasteiger charge is 2.12. The van der Waals surface area contributed by atoms with Crippen molar-refractivity contribution < 1.29 is 14.3 Å². The molecular formula is C15H15ClN2O3. The number of ether oxygens (including phenoxy) is 2. The van der Waals surface area contributed by atoms with E-state index in [0.29, 0.717) is 22.7 Å². The summed E-state index contributed by atoms with van der Waals surface area (Å²) >= 11 is 5.96. The first-order chi connectivity index (χ1) is 10.0. The molecule has 0 radical (unpaired) electrons. The Morgan fingerprint density at radius 2 is 1.90 bits per heavy atom. The summed E-state index contributed by atoms with van der Waals surface area (Å²) in [5.41, 5.74) is 1.81. The molecule has 1 aromatic carbocycles. The number of halogens is 1. The van der Waals surface area contributed by atoms with E-state index in [9.17, 15) is 4.79 Å². The Morgan fingerprint density at radius 1 is 1.19 bits per heavy atom. The molecule has 5 nitrogen and oxygen atoms in total. The van der Waals surface area contributed by atoms with E-state index in [1.54, 1.807) is 30.5 Å². The van der Waals surface area contributed by atoms with Gasteiger partial charge < -0.3 is 14.8 Å². The normalized spacial score (nSPS) is 10.1. The Morgan fingerprint density at radius 3 is 2.57 bits per heavy atom. The molecule has 110 valence electrons. The number of methoxy groups -OCH3 is 2. The van der Waals surface area contributed by atoms with Crippen LogP contribution in [0.1, 0.15) is 15.9 Å². The molecule has 1 N–H and O–H groups in total. The number of pyridine rings is 1. The summed E-state index contributed by atoms with van der Waals surface area (Å²) in [5, 5.41) is 2.97. The zero-order valence-electron chi connectivity index (χ0n) is 11.9. The lowest BCUT2D eigenvalue weighted by Gasteiger charge is -2.10. The van der Waals surface area contributed by atoms with Crippen molar-refractivity contribution in [1.82, 2.24) is 4.98 Å². The van der Waals surface area contributed by atoms with Crippen molar-refractivity contribution in [3.63, 3.8) is 0 Å². The average molecular weight is 307 g/mol. The lowest BCUT2D eigenvalue weighted by molar-refractivity contribution is 0.102. The van der Waals surface area contributed by atoms with Gasteiger partial charge in [0.15, 0.2) is 16.7 Å². The van der Waals surface area contributed by atoms with Crippen LogP contribution in [0.2, 0.25) is 5.15 Å². The Bertz CT molecular complexity index is 674. The number of hydrogen-bond acceptors (Lipinski definition) is 4. The molecule has 0 bridgehead atoms. The molecule has 0 aliphatic heterocycles. The molecule has 1 heterocycles. The summed E-state index contributed by atoms with van der Waals surface area (Å²) in [6, 6.07) is 6.68. The lowest BCUT2D eigenvalue weighted by atomic mass is 10.2. The number of carbonyl (C=O) groups is 1. The van der Waals surface area contributed by atoms with Crippen molar-refractivity contribution in [2.24, 2.45) is 0 Å². The molecule has 0 saturated heterocycles. The Kier molecular flexibility index (Phi) is 4.65. The molecular weight excluding hydrogens is 292 g/mol. The number of nitrogens with zero attached hydrogens (tertiary/aromatic N) is 1. The molecule has 1 amide bonds. The second-order valence-corrected chi connectivity index (χ2v) is 4.73. The first-order valence-corrected chi connectivity index (χ1v) is 6.58. The fourth-order valence-electron chi connectivity index (χ4n) is 1.81. The molecule has 1 aromatic heterocycles. The zero-order valence-corrected chi connectivity index (χ0v) is 12.7. The van der Waals surface area contributed by atoms with E-state index < -0.39 is 0 Å². The molecule has 2 rings (SSSR count). The van der Waals surface area contributed by atoms with Crippen molar-refractivity contribution in [2.45, 2.75) is 6.92 Å². The predicted molar refractivity (Wildman–Crippen MR) is 81.5 cm³/mol. The predicted octanol–water partition coefficient (Wildman–Crippen LogP) is 3.31. The van der Waals surface area contributed by atoms with Crippen LogP contribution in [0.3, 0.4) is 0 Å². The van der Waals surface area contributed by atoms with Gasteiger partial charge in [0, 0.05) is 11.8 Å². The van der Waals surface area contributed by atoms with Gasteiger partial charge in [-0.25, -0.2) is 4.98 Å². The van der Waals surface area contributed by atoms with Gasteiger partial charge in [-0.3, -0.25) is 4.79 Å². The monoisotopic (exact) mass is 306 g/mol. The minimum absolute atomic E-state index is 0.245. The number of nitrogens with one attached hydrogen (secondary N) is 1. The van der Waals surface area contributed by atoms with Crippen molar-refractivity contribution in [2.75, 3.05) is 19.5 Å². The van der Waals surface area contributed by atoms with E-state index in [0.717, 1.165) is 5.56 Å². The van der Waals surface area contributed by atoms with Crippen LogP contribution in [-0.4, -0.2) is 25.1 Å². The highest BCUT2D eigenvalue weighted by atomic mass is 35.5. The van der Waals surface area contributed by atoms with Gasteiger partial charge in [-0.15, -0.1) is 0 Å². The van der Waals surface area contributed by atoms with E-state index in [1.165, 1.54) is 14.2 Å². The minimum Gasteiger partial charge on any atom is -0.493 e. The van der Waals surface area contributed by atoms with Crippen LogP contribution in [0.4, 0.5) is 5.69 Å². The van der Waals surface area contributed by atoms with Crippen LogP contribution in [0, 0.1) is 6.92 Å². The summed E-state index contributed by atoms with van der Waals surface area (Å²) in [6.45, 7) is 1.87. The maximum absolute atomic E-state index is 12.3. The van der Waals surface area contributed by atoms with Crippen LogP contribution in [-0.2, 0) is 0 Å². The maximum Gasteiger partial charge on any atom is 0.255 e. The third-order valence-corrected chi connectivity index (χ3v) is 3.17. The molecule has 6 heteroatoms. The van der Waals surface area contributed by atoms with E-state index in [2.05, 4.69) is 10.3 Å². The van der Waals surface area contributed by atoms with Gasteiger partial charge in [0.25, 0.3) is 5.91 Å². The molecule has 2 aromatic rings. The number of anilines is 1. The number of carbonyl (C=O) groups excluding carboxylic acids is 1. The number of hydrogen-bond donors (Lipinski definition) is 1. The largest absolute Gasteiger partial charge is 0.493 e. The van der Waals surface area contributed by atoms with Crippen LogP contribution in [0.25, 0.3) is 0 Å². The smallest absolute Gasteiger partial charge is 0.255 e. The van der Waals surface area contributed by atoms with Crippen molar-refractivity contribution in [3.8, 4) is 11.5 Å². The van der Waals surface area contributed by atoms with Gasteiger partial charge >= 0.3 is 0 Å². The van der Waals surface area contributed by atoms with E-state index in [-0.39, 0.29) is 11.1 Å². The first kappa shape index (κ1) is 15.1. The summed E-state index contributed by atoms with van der Waals surface area (Å²) in [4.78, 5) is 16.2. The van der Waals surface area contributed by atoms with E-state index in [4.69, 9.17) is 21.1 Å². The molecule has 0 saturated carbocycles. The zero-order chi connectivity index (χ0) is 15.4. The molecule has 0 spiro atoms. The van der Waals surface area contributed by atoms with Gasteiger partial charge in [-0.1, -0.05) is 11.6 Å². The van der Waals surface area contributed by atoms with E-state index >= 15 is 0 Å². The average Bonchev–Trinajstić information content (AvgIpc) is 2.50. The molecule has 0 aliphatic rings. The fraction of sp³-hybridized carbons (Fsp3) is 0.200. The standard InChI is InChI=1S/C15H15ClN2O3/c1-9-6-11(14(16)17-8-9)18-15(19)10-4-5-12(20-2)13(7-10)21-3/h4-8H,1-3H3,(H,18,19). The number of amides is 1. The van der Waals surface area contributed by atoms with Crippen LogP contribution in [0.15, 0.2) is 30.5 Å². The van der Waals surface area contributed by atoms with Crippen LogP contribution >= 0.6 is 11.6 Å². The maximum atomic E-state index is 12.3. The van der Waals surface area contributed by atoms with Crippen LogP contribution < -0.4 is 14.8 Å². The third kappa shape index (κ3) is 3.44. The highest BCUT2D eigenvalue weighted by Crippen LogP contribution is 2.28. The van der Waals surface area contributed by atoms with E-state index in [1.807, 2.05) is 6.92 Å². The number of aryl methyl sites for hydroxylation is 1. The van der Waals surface area contributed by atoms with Crippen LogP contribution in [0.5, 0.6) is 11.5 Å². The number of benzene rings is 1. The molecule has 21 heavy (non-hydrogen) atoms. The summed E-state index contributed by atoms with van der Waals surface area (Å²) in [5.74, 6) is 0.744. The van der Waals surface area contributed by atoms with Crippen molar-refractivity contribution >= 4 is 23.2 Å². The molecule has 0 fully saturated rings. The third-order valence-electron chi connectivity index (χ3n) is 2.87. The van der Waals surface area contributed by atoms with Gasteiger partial charge in [0.1, 0.15) is 0 Å². The summed E-state index contributed by atoms with van der Waals surface area (Å²) < 4.78 is 10.3. The topological polar surface area (TPSA) is 60.5 Å². The molecule has 0 unspecified atom stereocenters. The second-order valence-electron chi connectivity index (χ2n) is 4.37. The quantitative estimate of drug-likeness (QED) is 0.880. The lowest BCUT2D eigenvalue weighted by Crippen LogP contribution is -2.13. The summed E-state index contributed by atoms with van der Waals surface area (Å²) in [7, 11) is 3.05. The summed E-state index contributed by atoms with van der Waals surface area (Å²) in [6.07, 6.45) is 1.63. The highest BCUT2D eigenvalue weighted by molar-refractivity contribution is 6.32. The van der Waals surface area contributed by atoms with Crippen molar-refractivity contribution in [1.29, 1.82) is 0 Å². The fourth-order valence-corrected chi connectivity index (χ4v) is 1.96. The molecule has 0 aliphatic carbocycles. The van der Waals surface area contributed by atoms with Crippen molar-refractivity contribution in [3.05, 3.63) is 46.7 Å². The number of aromatic nitrogens is 1. The Labute approximate surface area is 127 Å². The SMILES string of the molecule is COc1ccc(C(=O)Nc2cc(C)cnc2Cl)cc1OC. The second kappa shape index (κ2) is 6.45. The number of rotatable bonds is 4. The van der Waals surface area contributed by atoms with Gasteiger partial charge in [0.05, 0.1) is 19.9 Å². The Hall–Kier alpha value is -2.27. The molecule has 0 atom stereocenters. The van der Waals surface area contributed by atoms with Gasteiger partial charge in [-0.2, -0.15) is 0 Å². The first-order valence-electron chi connectivity index (χ1n) is 6.20.